The van der Waals surface area contributed by atoms with Crippen LogP contribution in [0.3, 0.4) is 0 Å². The molecule has 1 N–H and O–H groups in total. The molecular weight excluding hydrogens is 284 g/mol. The third-order valence-corrected chi connectivity index (χ3v) is 5.69. The van der Waals surface area contributed by atoms with Crippen LogP contribution < -0.4 is 5.32 Å². The van der Waals surface area contributed by atoms with Gasteiger partial charge in [-0.1, -0.05) is 25.4 Å². The van der Waals surface area contributed by atoms with Gasteiger partial charge in [0.15, 0.2) is 0 Å². The molecule has 1 aromatic heterocycles. The Bertz CT molecular complexity index is 503. The van der Waals surface area contributed by atoms with Crippen LogP contribution in [-0.4, -0.2) is 38.8 Å². The maximum absolute atomic E-state index is 6.44. The monoisotopic (exact) mass is 312 g/mol. The summed E-state index contributed by atoms with van der Waals surface area (Å²) in [5, 5.41) is 9.03. The molecule has 0 bridgehead atoms. The van der Waals surface area contributed by atoms with Crippen molar-refractivity contribution >= 4 is 11.6 Å². The van der Waals surface area contributed by atoms with Gasteiger partial charge >= 0.3 is 0 Å². The maximum Gasteiger partial charge on any atom is 0.0860 e. The van der Waals surface area contributed by atoms with Crippen LogP contribution in [0.5, 0.6) is 0 Å². The standard InChI is InChI=1S/C16H29ClN4/c1-7-16(8-2)11-21(15(4,5)10-18-16)9-13-14(17)12(3)19-20(13)6/h18H,7-11H2,1-6H3. The Kier molecular flexibility index (Phi) is 4.72. The first kappa shape index (κ1) is 16.8. The minimum absolute atomic E-state index is 0.120. The molecular formula is C16H29ClN4. The highest BCUT2D eigenvalue weighted by molar-refractivity contribution is 6.31. The predicted molar refractivity (Wildman–Crippen MR) is 88.8 cm³/mol. The molecule has 2 heterocycles. The fraction of sp³-hybridized carbons (Fsp3) is 0.812. The third kappa shape index (κ3) is 3.13. The van der Waals surface area contributed by atoms with Crippen LogP contribution in [0, 0.1) is 6.92 Å². The summed E-state index contributed by atoms with van der Waals surface area (Å²) >= 11 is 6.44. The molecule has 0 unspecified atom stereocenters. The maximum atomic E-state index is 6.44. The van der Waals surface area contributed by atoms with Crippen molar-refractivity contribution in [2.45, 2.75) is 65.1 Å². The first-order chi connectivity index (χ1) is 9.74. The molecule has 21 heavy (non-hydrogen) atoms. The molecule has 2 rings (SSSR count). The van der Waals surface area contributed by atoms with E-state index in [1.807, 2.05) is 18.7 Å². The quantitative estimate of drug-likeness (QED) is 0.927. The zero-order valence-corrected chi connectivity index (χ0v) is 15.0. The Balaban J connectivity index is 2.26. The number of halogens is 1. The summed E-state index contributed by atoms with van der Waals surface area (Å²) in [5.74, 6) is 0. The van der Waals surface area contributed by atoms with E-state index in [2.05, 4.69) is 43.0 Å². The Hall–Kier alpha value is -0.580. The van der Waals surface area contributed by atoms with Crippen LogP contribution in [0.1, 0.15) is 51.9 Å². The molecule has 1 fully saturated rings. The number of nitrogens with one attached hydrogen (secondary N) is 1. The number of rotatable bonds is 4. The van der Waals surface area contributed by atoms with E-state index in [1.54, 1.807) is 0 Å². The molecule has 0 radical (unpaired) electrons. The molecule has 1 aromatic rings. The summed E-state index contributed by atoms with van der Waals surface area (Å²) in [5.41, 5.74) is 2.37. The van der Waals surface area contributed by atoms with Crippen molar-refractivity contribution in [3.05, 3.63) is 16.4 Å². The van der Waals surface area contributed by atoms with Gasteiger partial charge in [0.1, 0.15) is 0 Å². The molecule has 0 saturated carbocycles. The van der Waals surface area contributed by atoms with E-state index in [0.29, 0.717) is 0 Å². The molecule has 0 spiro atoms. The molecule has 1 aliphatic rings. The van der Waals surface area contributed by atoms with Crippen molar-refractivity contribution in [3.8, 4) is 0 Å². The van der Waals surface area contributed by atoms with Crippen LogP contribution >= 0.6 is 11.6 Å². The largest absolute Gasteiger partial charge is 0.308 e. The molecule has 1 saturated heterocycles. The van der Waals surface area contributed by atoms with Gasteiger partial charge in [0.05, 0.1) is 16.4 Å². The van der Waals surface area contributed by atoms with E-state index in [-0.39, 0.29) is 11.1 Å². The van der Waals surface area contributed by atoms with Crippen molar-refractivity contribution in [2.75, 3.05) is 13.1 Å². The van der Waals surface area contributed by atoms with Gasteiger partial charge in [0.2, 0.25) is 0 Å². The van der Waals surface area contributed by atoms with Gasteiger partial charge in [-0.3, -0.25) is 9.58 Å². The highest BCUT2D eigenvalue weighted by Crippen LogP contribution is 2.31. The van der Waals surface area contributed by atoms with Gasteiger partial charge in [-0.05, 0) is 33.6 Å². The van der Waals surface area contributed by atoms with E-state index in [4.69, 9.17) is 11.6 Å². The second kappa shape index (κ2) is 5.90. The number of hydrogen-bond acceptors (Lipinski definition) is 3. The molecule has 0 aliphatic carbocycles. The second-order valence-electron chi connectivity index (χ2n) is 6.98. The topological polar surface area (TPSA) is 33.1 Å². The lowest BCUT2D eigenvalue weighted by Gasteiger charge is -2.52. The Labute approximate surface area is 133 Å². The number of nitrogens with zero attached hydrogens (tertiary/aromatic N) is 3. The average molecular weight is 313 g/mol. The van der Waals surface area contributed by atoms with Gasteiger partial charge in [0, 0.05) is 37.8 Å². The van der Waals surface area contributed by atoms with E-state index in [0.717, 1.165) is 48.9 Å². The number of piperazine rings is 1. The first-order valence-electron chi connectivity index (χ1n) is 7.93. The van der Waals surface area contributed by atoms with Crippen LogP contribution in [0.2, 0.25) is 5.02 Å². The summed E-state index contributed by atoms with van der Waals surface area (Å²) in [7, 11) is 1.98. The third-order valence-electron chi connectivity index (χ3n) is 5.20. The molecule has 4 nitrogen and oxygen atoms in total. The number of aryl methyl sites for hydroxylation is 2. The van der Waals surface area contributed by atoms with Gasteiger partial charge in [0.25, 0.3) is 0 Å². The van der Waals surface area contributed by atoms with Gasteiger partial charge in [-0.15, -0.1) is 0 Å². The second-order valence-corrected chi connectivity index (χ2v) is 7.36. The van der Waals surface area contributed by atoms with E-state index in [1.165, 1.54) is 0 Å². The predicted octanol–water partition coefficient (Wildman–Crippen LogP) is 3.12. The van der Waals surface area contributed by atoms with Crippen molar-refractivity contribution in [2.24, 2.45) is 7.05 Å². The van der Waals surface area contributed by atoms with E-state index >= 15 is 0 Å². The SMILES string of the molecule is CCC1(CC)CN(Cc2c(Cl)c(C)nn2C)C(C)(C)CN1. The molecule has 1 aliphatic heterocycles. The summed E-state index contributed by atoms with van der Waals surface area (Å²) in [6.07, 6.45) is 2.29. The zero-order valence-electron chi connectivity index (χ0n) is 14.3. The molecule has 0 atom stereocenters. The number of hydrogen-bond donors (Lipinski definition) is 1. The lowest BCUT2D eigenvalue weighted by atomic mass is 9.85. The fourth-order valence-electron chi connectivity index (χ4n) is 3.18. The first-order valence-corrected chi connectivity index (χ1v) is 8.30. The van der Waals surface area contributed by atoms with Crippen LogP contribution in [0.4, 0.5) is 0 Å². The van der Waals surface area contributed by atoms with Crippen LogP contribution in [0.15, 0.2) is 0 Å². The van der Waals surface area contributed by atoms with Gasteiger partial charge < -0.3 is 5.32 Å². The Morgan fingerprint density at radius 3 is 2.38 bits per heavy atom. The summed E-state index contributed by atoms with van der Waals surface area (Å²) < 4.78 is 1.93. The van der Waals surface area contributed by atoms with Crippen molar-refractivity contribution in [1.29, 1.82) is 0 Å². The summed E-state index contributed by atoms with van der Waals surface area (Å²) in [4.78, 5) is 2.55. The smallest absolute Gasteiger partial charge is 0.0860 e. The van der Waals surface area contributed by atoms with Gasteiger partial charge in [-0.2, -0.15) is 5.10 Å². The van der Waals surface area contributed by atoms with Crippen LogP contribution in [0.25, 0.3) is 0 Å². The normalized spacial score (nSPS) is 21.7. The number of aromatic nitrogens is 2. The lowest BCUT2D eigenvalue weighted by Crippen LogP contribution is -2.67. The van der Waals surface area contributed by atoms with Crippen molar-refractivity contribution in [3.63, 3.8) is 0 Å². The zero-order chi connectivity index (χ0) is 15.8. The average Bonchev–Trinajstić information content (AvgIpc) is 2.68. The molecule has 120 valence electrons. The van der Waals surface area contributed by atoms with Crippen LogP contribution in [-0.2, 0) is 13.6 Å². The fourth-order valence-corrected chi connectivity index (χ4v) is 3.40. The summed E-state index contributed by atoms with van der Waals surface area (Å²) in [6.45, 7) is 14.0. The van der Waals surface area contributed by atoms with Crippen molar-refractivity contribution < 1.29 is 0 Å². The van der Waals surface area contributed by atoms with Gasteiger partial charge in [-0.25, -0.2) is 0 Å². The summed E-state index contributed by atoms with van der Waals surface area (Å²) in [6, 6.07) is 0. The molecule has 0 aromatic carbocycles. The highest BCUT2D eigenvalue weighted by Gasteiger charge is 2.41. The molecule has 5 heteroatoms. The van der Waals surface area contributed by atoms with E-state index < -0.39 is 0 Å². The minimum atomic E-state index is 0.120. The minimum Gasteiger partial charge on any atom is -0.308 e. The Morgan fingerprint density at radius 1 is 1.29 bits per heavy atom. The van der Waals surface area contributed by atoms with Crippen molar-refractivity contribution in [1.82, 2.24) is 20.0 Å². The van der Waals surface area contributed by atoms with E-state index in [9.17, 15) is 0 Å². The lowest BCUT2D eigenvalue weighted by molar-refractivity contribution is 0.0145. The Morgan fingerprint density at radius 2 is 1.90 bits per heavy atom. The highest BCUT2D eigenvalue weighted by atomic mass is 35.5. The molecule has 0 amide bonds.